The monoisotopic (exact) mass is 443 g/mol. The Morgan fingerprint density at radius 2 is 1.84 bits per heavy atom. The first-order chi connectivity index (χ1) is 15.2. The van der Waals surface area contributed by atoms with E-state index in [1.165, 1.54) is 37.7 Å². The van der Waals surface area contributed by atoms with Gasteiger partial charge in [0.2, 0.25) is 0 Å². The summed E-state index contributed by atoms with van der Waals surface area (Å²) >= 11 is 0. The first kappa shape index (κ1) is 23.9. The van der Waals surface area contributed by atoms with Crippen LogP contribution in [0.2, 0.25) is 0 Å². The van der Waals surface area contributed by atoms with Crippen LogP contribution >= 0.6 is 0 Å². The molecule has 0 aromatic heterocycles. The van der Waals surface area contributed by atoms with Crippen LogP contribution in [0, 0.1) is 5.92 Å². The summed E-state index contributed by atoms with van der Waals surface area (Å²) in [4.78, 5) is 2.62. The molecule has 3 aliphatic rings. The Kier molecular flexibility index (Phi) is 7.12. The molecule has 0 radical (unpaired) electrons. The van der Waals surface area contributed by atoms with Crippen molar-refractivity contribution < 1.29 is 14.6 Å². The van der Waals surface area contributed by atoms with Crippen molar-refractivity contribution in [1.82, 2.24) is 4.90 Å². The Morgan fingerprint density at radius 1 is 1.09 bits per heavy atom. The van der Waals surface area contributed by atoms with Crippen molar-refractivity contribution in [2.24, 2.45) is 5.92 Å². The molecule has 1 aromatic rings. The third kappa shape index (κ3) is 4.82. The molecule has 32 heavy (non-hydrogen) atoms. The topological polar surface area (TPSA) is 41.9 Å². The SMILES string of the molecule is CCCCCCC(C)(C)c1cc(O)c2c(c1)OC(C)(C)C1CCC(N3CCOCC3)CC21. The zero-order valence-electron chi connectivity index (χ0n) is 21.1. The lowest BCUT2D eigenvalue weighted by Crippen LogP contribution is -2.52. The van der Waals surface area contributed by atoms with E-state index in [-0.39, 0.29) is 11.0 Å². The van der Waals surface area contributed by atoms with Crippen molar-refractivity contribution in [3.63, 3.8) is 0 Å². The van der Waals surface area contributed by atoms with Crippen LogP contribution in [0.25, 0.3) is 0 Å². The van der Waals surface area contributed by atoms with E-state index in [4.69, 9.17) is 9.47 Å². The molecule has 3 unspecified atom stereocenters. The van der Waals surface area contributed by atoms with E-state index < -0.39 is 0 Å². The molecular weight excluding hydrogens is 398 g/mol. The van der Waals surface area contributed by atoms with Crippen LogP contribution in [-0.4, -0.2) is 48.0 Å². The Labute approximate surface area is 195 Å². The van der Waals surface area contributed by atoms with Gasteiger partial charge >= 0.3 is 0 Å². The van der Waals surface area contributed by atoms with Crippen LogP contribution in [0.1, 0.15) is 103 Å². The van der Waals surface area contributed by atoms with E-state index in [0.29, 0.717) is 23.6 Å². The number of morpholine rings is 1. The first-order valence-corrected chi connectivity index (χ1v) is 13.1. The van der Waals surface area contributed by atoms with Crippen LogP contribution in [0.4, 0.5) is 0 Å². The molecule has 1 saturated carbocycles. The van der Waals surface area contributed by atoms with E-state index >= 15 is 0 Å². The Bertz CT molecular complexity index is 781. The number of unbranched alkanes of at least 4 members (excludes halogenated alkanes) is 3. The van der Waals surface area contributed by atoms with Crippen molar-refractivity contribution in [3.8, 4) is 11.5 Å². The molecule has 180 valence electrons. The van der Waals surface area contributed by atoms with Gasteiger partial charge in [0.05, 0.1) is 13.2 Å². The summed E-state index contributed by atoms with van der Waals surface area (Å²) in [6, 6.07) is 4.89. The average Bonchev–Trinajstić information content (AvgIpc) is 2.76. The van der Waals surface area contributed by atoms with Gasteiger partial charge < -0.3 is 14.6 Å². The van der Waals surface area contributed by atoms with Gasteiger partial charge in [0.15, 0.2) is 0 Å². The summed E-state index contributed by atoms with van der Waals surface area (Å²) in [5.74, 6) is 2.19. The van der Waals surface area contributed by atoms with Crippen LogP contribution in [0.5, 0.6) is 11.5 Å². The van der Waals surface area contributed by atoms with E-state index in [2.05, 4.69) is 51.7 Å². The van der Waals surface area contributed by atoms with Crippen molar-refractivity contribution in [3.05, 3.63) is 23.3 Å². The van der Waals surface area contributed by atoms with Crippen LogP contribution in [0.3, 0.4) is 0 Å². The lowest BCUT2D eigenvalue weighted by molar-refractivity contribution is -0.0404. The minimum Gasteiger partial charge on any atom is -0.508 e. The number of ether oxygens (including phenoxy) is 2. The number of phenols is 1. The fourth-order valence-corrected chi connectivity index (χ4v) is 6.53. The maximum absolute atomic E-state index is 11.3. The van der Waals surface area contributed by atoms with Crippen molar-refractivity contribution in [1.29, 1.82) is 0 Å². The first-order valence-electron chi connectivity index (χ1n) is 13.1. The van der Waals surface area contributed by atoms with Gasteiger partial charge in [-0.25, -0.2) is 0 Å². The summed E-state index contributed by atoms with van der Waals surface area (Å²) in [6.45, 7) is 15.1. The smallest absolute Gasteiger partial charge is 0.127 e. The molecule has 1 aromatic carbocycles. The molecule has 1 saturated heterocycles. The van der Waals surface area contributed by atoms with Gasteiger partial charge in [-0.3, -0.25) is 4.90 Å². The van der Waals surface area contributed by atoms with E-state index in [1.54, 1.807) is 0 Å². The summed E-state index contributed by atoms with van der Waals surface area (Å²) < 4.78 is 12.2. The second kappa shape index (κ2) is 9.54. The minimum atomic E-state index is -0.204. The van der Waals surface area contributed by atoms with Crippen molar-refractivity contribution >= 4 is 0 Å². The normalized spacial score (nSPS) is 28.0. The fourth-order valence-electron chi connectivity index (χ4n) is 6.53. The molecule has 2 fully saturated rings. The molecule has 0 spiro atoms. The minimum absolute atomic E-state index is 0.0352. The van der Waals surface area contributed by atoms with Crippen LogP contribution < -0.4 is 4.74 Å². The van der Waals surface area contributed by atoms with Gasteiger partial charge in [-0.1, -0.05) is 46.5 Å². The molecule has 4 heteroatoms. The fraction of sp³-hybridized carbons (Fsp3) is 0.786. The molecule has 0 amide bonds. The number of hydrogen-bond donors (Lipinski definition) is 1. The van der Waals surface area contributed by atoms with Gasteiger partial charge in [-0.15, -0.1) is 0 Å². The highest BCUT2D eigenvalue weighted by molar-refractivity contribution is 5.53. The zero-order chi connectivity index (χ0) is 22.9. The van der Waals surface area contributed by atoms with Gasteiger partial charge in [0, 0.05) is 30.6 Å². The third-order valence-corrected chi connectivity index (χ3v) is 8.58. The predicted octanol–water partition coefficient (Wildman–Crippen LogP) is 6.40. The predicted molar refractivity (Wildman–Crippen MR) is 131 cm³/mol. The standard InChI is InChI=1S/C28H45NO3/c1-6-7-8-9-12-27(2,3)20-17-24(30)26-22-19-21(29-13-15-31-16-14-29)10-11-23(22)28(4,5)32-25(26)18-20/h17-18,21-23,30H,6-16,19H2,1-5H3. The molecule has 2 heterocycles. The average molecular weight is 444 g/mol. The molecular formula is C28H45NO3. The van der Waals surface area contributed by atoms with Crippen LogP contribution in [0.15, 0.2) is 12.1 Å². The van der Waals surface area contributed by atoms with E-state index in [9.17, 15) is 5.11 Å². The second-order valence-electron chi connectivity index (χ2n) is 11.6. The Morgan fingerprint density at radius 3 is 2.56 bits per heavy atom. The van der Waals surface area contributed by atoms with E-state index in [0.717, 1.165) is 56.9 Å². The maximum Gasteiger partial charge on any atom is 0.127 e. The maximum atomic E-state index is 11.3. The number of fused-ring (bicyclic) bond motifs is 3. The summed E-state index contributed by atoms with van der Waals surface area (Å²) in [7, 11) is 0. The number of phenolic OH excluding ortho intramolecular Hbond substituents is 1. The largest absolute Gasteiger partial charge is 0.508 e. The van der Waals surface area contributed by atoms with Crippen molar-refractivity contribution in [2.75, 3.05) is 26.3 Å². The molecule has 0 bridgehead atoms. The number of nitrogens with zero attached hydrogens (tertiary/aromatic N) is 1. The number of rotatable bonds is 7. The molecule has 3 atom stereocenters. The molecule has 4 rings (SSSR count). The number of hydrogen-bond acceptors (Lipinski definition) is 4. The lowest BCUT2D eigenvalue weighted by Gasteiger charge is -2.51. The Hall–Kier alpha value is -1.26. The van der Waals surface area contributed by atoms with Gasteiger partial charge in [-0.05, 0) is 68.6 Å². The summed E-state index contributed by atoms with van der Waals surface area (Å²) in [6.07, 6.45) is 9.70. The van der Waals surface area contributed by atoms with Gasteiger partial charge in [0.25, 0.3) is 0 Å². The summed E-state index contributed by atoms with van der Waals surface area (Å²) in [5.41, 5.74) is 2.11. The summed E-state index contributed by atoms with van der Waals surface area (Å²) in [5, 5.41) is 11.3. The molecule has 4 nitrogen and oxygen atoms in total. The Balaban J connectivity index is 1.60. The van der Waals surface area contributed by atoms with Crippen LogP contribution in [-0.2, 0) is 10.2 Å². The molecule has 2 aliphatic heterocycles. The third-order valence-electron chi connectivity index (χ3n) is 8.58. The number of benzene rings is 1. The molecule has 1 N–H and O–H groups in total. The highest BCUT2D eigenvalue weighted by Gasteiger charge is 2.48. The van der Waals surface area contributed by atoms with Crippen molar-refractivity contribution in [2.45, 2.75) is 109 Å². The van der Waals surface area contributed by atoms with Gasteiger partial charge in [-0.2, -0.15) is 0 Å². The van der Waals surface area contributed by atoms with Gasteiger partial charge in [0.1, 0.15) is 17.1 Å². The second-order valence-corrected chi connectivity index (χ2v) is 11.6. The highest BCUT2D eigenvalue weighted by atomic mass is 16.5. The lowest BCUT2D eigenvalue weighted by atomic mass is 9.64. The zero-order valence-corrected chi connectivity index (χ0v) is 21.1. The highest BCUT2D eigenvalue weighted by Crippen LogP contribution is 2.55. The number of aromatic hydroxyl groups is 1. The van der Waals surface area contributed by atoms with E-state index in [1.807, 2.05) is 0 Å². The molecule has 1 aliphatic carbocycles. The quantitative estimate of drug-likeness (QED) is 0.495.